The third-order valence-corrected chi connectivity index (χ3v) is 2.65. The highest BCUT2D eigenvalue weighted by Crippen LogP contribution is 2.24. The molecule has 0 spiro atoms. The lowest BCUT2D eigenvalue weighted by atomic mass is 9.89. The van der Waals surface area contributed by atoms with Crippen molar-refractivity contribution in [3.05, 3.63) is 0 Å². The molecule has 0 aromatic heterocycles. The Morgan fingerprint density at radius 1 is 1.67 bits per heavy atom. The zero-order valence-corrected chi connectivity index (χ0v) is 8.05. The molecule has 0 aromatic carbocycles. The summed E-state index contributed by atoms with van der Waals surface area (Å²) in [5.74, 6) is 0.128. The van der Waals surface area contributed by atoms with Gasteiger partial charge in [0.05, 0.1) is 0 Å². The van der Waals surface area contributed by atoms with E-state index in [1.54, 1.807) is 0 Å². The number of nitrogens with one attached hydrogen (secondary N) is 1. The Morgan fingerprint density at radius 2 is 2.17 bits per heavy atom. The van der Waals surface area contributed by atoms with Gasteiger partial charge in [0.2, 0.25) is 5.91 Å². The molecule has 1 rings (SSSR count). The van der Waals surface area contributed by atoms with Gasteiger partial charge >= 0.3 is 0 Å². The van der Waals surface area contributed by atoms with E-state index in [-0.39, 0.29) is 23.4 Å². The van der Waals surface area contributed by atoms with Gasteiger partial charge in [0, 0.05) is 17.5 Å². The predicted octanol–water partition coefficient (Wildman–Crippen LogP) is 0.638. The number of amides is 1. The Bertz CT molecular complexity index is 189. The van der Waals surface area contributed by atoms with Crippen LogP contribution < -0.4 is 11.1 Å². The minimum Gasteiger partial charge on any atom is -0.351 e. The molecule has 70 valence electrons. The molecule has 0 saturated heterocycles. The van der Waals surface area contributed by atoms with E-state index in [2.05, 4.69) is 5.32 Å². The van der Waals surface area contributed by atoms with Crippen molar-refractivity contribution in [1.29, 1.82) is 0 Å². The molecule has 12 heavy (non-hydrogen) atoms. The monoisotopic (exact) mass is 170 g/mol. The molecule has 0 bridgehead atoms. The van der Waals surface area contributed by atoms with Gasteiger partial charge in [0.15, 0.2) is 0 Å². The van der Waals surface area contributed by atoms with Crippen LogP contribution in [0.2, 0.25) is 0 Å². The second-order valence-electron chi connectivity index (χ2n) is 4.22. The fraction of sp³-hybridized carbons (Fsp3) is 0.889. The molecule has 2 atom stereocenters. The summed E-state index contributed by atoms with van der Waals surface area (Å²) in [7, 11) is 0. The lowest BCUT2D eigenvalue weighted by Gasteiger charge is -2.21. The minimum absolute atomic E-state index is 0.128. The molecule has 1 aliphatic rings. The molecule has 0 heterocycles. The molecule has 3 nitrogen and oxygen atoms in total. The molecule has 0 aliphatic heterocycles. The number of hydrogen-bond acceptors (Lipinski definition) is 2. The van der Waals surface area contributed by atoms with Crippen LogP contribution in [0.1, 0.15) is 33.6 Å². The van der Waals surface area contributed by atoms with Crippen LogP contribution in [-0.4, -0.2) is 18.0 Å². The molecule has 0 radical (unpaired) electrons. The van der Waals surface area contributed by atoms with Crippen molar-refractivity contribution in [2.24, 2.45) is 11.1 Å². The first-order chi connectivity index (χ1) is 5.47. The number of hydrogen-bond donors (Lipinski definition) is 2. The fourth-order valence-corrected chi connectivity index (χ4v) is 0.905. The summed E-state index contributed by atoms with van der Waals surface area (Å²) < 4.78 is 0. The molecular formula is C9H18N2O. The van der Waals surface area contributed by atoms with Gasteiger partial charge in [-0.2, -0.15) is 0 Å². The lowest BCUT2D eigenvalue weighted by Crippen LogP contribution is -2.39. The van der Waals surface area contributed by atoms with Crippen LogP contribution in [0.25, 0.3) is 0 Å². The zero-order chi connectivity index (χ0) is 9.35. The van der Waals surface area contributed by atoms with E-state index in [0.29, 0.717) is 0 Å². The van der Waals surface area contributed by atoms with E-state index in [1.807, 2.05) is 20.8 Å². The summed E-state index contributed by atoms with van der Waals surface area (Å²) in [6.07, 6.45) is 1.80. The van der Waals surface area contributed by atoms with Crippen LogP contribution in [0, 0.1) is 5.41 Å². The Morgan fingerprint density at radius 3 is 2.50 bits per heavy atom. The predicted molar refractivity (Wildman–Crippen MR) is 48.6 cm³/mol. The van der Waals surface area contributed by atoms with E-state index in [4.69, 9.17) is 5.73 Å². The van der Waals surface area contributed by atoms with Crippen LogP contribution in [-0.2, 0) is 4.79 Å². The van der Waals surface area contributed by atoms with E-state index < -0.39 is 0 Å². The summed E-state index contributed by atoms with van der Waals surface area (Å²) in [4.78, 5) is 11.5. The molecule has 1 saturated carbocycles. The maximum absolute atomic E-state index is 11.5. The number of carbonyl (C=O) groups excluding carboxylic acids is 1. The SMILES string of the molecule is CCC(C)(C)C(=O)NC1CC1N. The van der Waals surface area contributed by atoms with Crippen molar-refractivity contribution in [2.45, 2.75) is 45.7 Å². The van der Waals surface area contributed by atoms with Crippen LogP contribution >= 0.6 is 0 Å². The van der Waals surface area contributed by atoms with Gasteiger partial charge < -0.3 is 11.1 Å². The summed E-state index contributed by atoms with van der Waals surface area (Å²) >= 11 is 0. The quantitative estimate of drug-likeness (QED) is 0.653. The smallest absolute Gasteiger partial charge is 0.225 e. The van der Waals surface area contributed by atoms with Gasteiger partial charge in [0.25, 0.3) is 0 Å². The maximum Gasteiger partial charge on any atom is 0.225 e. The second-order valence-corrected chi connectivity index (χ2v) is 4.22. The highest BCUT2D eigenvalue weighted by molar-refractivity contribution is 5.82. The Kier molecular flexibility index (Phi) is 2.42. The molecule has 2 unspecified atom stereocenters. The highest BCUT2D eigenvalue weighted by atomic mass is 16.2. The first-order valence-electron chi connectivity index (χ1n) is 4.54. The standard InChI is InChI=1S/C9H18N2O/c1-4-9(2,3)8(12)11-7-5-6(7)10/h6-7H,4-5,10H2,1-3H3,(H,11,12). The Hall–Kier alpha value is -0.570. The molecular weight excluding hydrogens is 152 g/mol. The van der Waals surface area contributed by atoms with Gasteiger partial charge in [-0.05, 0) is 12.8 Å². The second kappa shape index (κ2) is 3.05. The molecule has 0 aromatic rings. The van der Waals surface area contributed by atoms with Crippen molar-refractivity contribution in [3.63, 3.8) is 0 Å². The number of rotatable bonds is 3. The largest absolute Gasteiger partial charge is 0.351 e. The van der Waals surface area contributed by atoms with Crippen molar-refractivity contribution >= 4 is 5.91 Å². The summed E-state index contributed by atoms with van der Waals surface area (Å²) in [5, 5.41) is 2.93. The molecule has 3 heteroatoms. The first kappa shape index (κ1) is 9.52. The zero-order valence-electron chi connectivity index (χ0n) is 8.05. The van der Waals surface area contributed by atoms with Crippen molar-refractivity contribution in [1.82, 2.24) is 5.32 Å². The van der Waals surface area contributed by atoms with Gasteiger partial charge in [0.1, 0.15) is 0 Å². The van der Waals surface area contributed by atoms with Crippen LogP contribution in [0.4, 0.5) is 0 Å². The molecule has 1 aliphatic carbocycles. The van der Waals surface area contributed by atoms with Crippen molar-refractivity contribution < 1.29 is 4.79 Å². The average Bonchev–Trinajstić information content (AvgIpc) is 2.66. The first-order valence-corrected chi connectivity index (χ1v) is 4.54. The minimum atomic E-state index is -0.248. The van der Waals surface area contributed by atoms with E-state index in [0.717, 1.165) is 12.8 Å². The van der Waals surface area contributed by atoms with E-state index in [9.17, 15) is 4.79 Å². The fourth-order valence-electron chi connectivity index (χ4n) is 0.905. The summed E-state index contributed by atoms with van der Waals surface area (Å²) in [6, 6.07) is 0.435. The Labute approximate surface area is 73.7 Å². The van der Waals surface area contributed by atoms with Crippen molar-refractivity contribution in [3.8, 4) is 0 Å². The van der Waals surface area contributed by atoms with Gasteiger partial charge in [-0.25, -0.2) is 0 Å². The van der Waals surface area contributed by atoms with Gasteiger partial charge in [-0.1, -0.05) is 20.8 Å². The third kappa shape index (κ3) is 1.97. The van der Waals surface area contributed by atoms with Gasteiger partial charge in [-0.15, -0.1) is 0 Å². The Balaban J connectivity index is 2.37. The van der Waals surface area contributed by atoms with Crippen molar-refractivity contribution in [2.75, 3.05) is 0 Å². The van der Waals surface area contributed by atoms with E-state index >= 15 is 0 Å². The average molecular weight is 170 g/mol. The van der Waals surface area contributed by atoms with Crippen LogP contribution in [0.15, 0.2) is 0 Å². The summed E-state index contributed by atoms with van der Waals surface area (Å²) in [6.45, 7) is 5.93. The van der Waals surface area contributed by atoms with E-state index in [1.165, 1.54) is 0 Å². The number of carbonyl (C=O) groups is 1. The molecule has 1 amide bonds. The molecule has 3 N–H and O–H groups in total. The van der Waals surface area contributed by atoms with Gasteiger partial charge in [-0.3, -0.25) is 4.79 Å². The van der Waals surface area contributed by atoms with Crippen LogP contribution in [0.5, 0.6) is 0 Å². The molecule has 1 fully saturated rings. The summed E-state index contributed by atoms with van der Waals surface area (Å²) in [5.41, 5.74) is 5.34. The third-order valence-electron chi connectivity index (χ3n) is 2.65. The highest BCUT2D eigenvalue weighted by Gasteiger charge is 2.37. The normalized spacial score (nSPS) is 28.3. The maximum atomic E-state index is 11.5. The number of nitrogens with two attached hydrogens (primary N) is 1. The topological polar surface area (TPSA) is 55.1 Å². The lowest BCUT2D eigenvalue weighted by molar-refractivity contribution is -0.129. The van der Waals surface area contributed by atoms with Crippen LogP contribution in [0.3, 0.4) is 0 Å².